The second-order valence-electron chi connectivity index (χ2n) is 6.09. The Labute approximate surface area is 128 Å². The molecule has 0 spiro atoms. The molecule has 0 saturated carbocycles. The first-order valence-electron chi connectivity index (χ1n) is 6.34. The first-order chi connectivity index (χ1) is 8.62. The summed E-state index contributed by atoms with van der Waals surface area (Å²) in [5.41, 5.74) is 2.18. The van der Waals surface area contributed by atoms with Gasteiger partial charge in [0.2, 0.25) is 0 Å². The number of nitrogens with zero attached hydrogens (tertiary/aromatic N) is 2. The predicted octanol–water partition coefficient (Wildman–Crippen LogP) is 3.53. The smallest absolute Gasteiger partial charge is 0.408 e. The Morgan fingerprint density at radius 1 is 1.10 bits per heavy atom. The van der Waals surface area contributed by atoms with E-state index in [4.69, 9.17) is 4.74 Å². The Hall–Kier alpha value is -1.42. The molecule has 0 radical (unpaired) electrons. The van der Waals surface area contributed by atoms with Gasteiger partial charge in [-0.1, -0.05) is 26.8 Å². The van der Waals surface area contributed by atoms with E-state index in [1.54, 1.807) is 14.1 Å². The fraction of sp³-hybridized carbons (Fsp3) is 0.533. The van der Waals surface area contributed by atoms with E-state index in [9.17, 15) is 4.79 Å². The molecule has 0 atom stereocenters. The van der Waals surface area contributed by atoms with Crippen LogP contribution in [0.5, 0.6) is 5.75 Å². The zero-order valence-electron chi connectivity index (χ0n) is 13.4. The summed E-state index contributed by atoms with van der Waals surface area (Å²) in [7, 11) is 7.21. The highest BCUT2D eigenvalue weighted by Gasteiger charge is 2.18. The minimum absolute atomic E-state index is 0. The molecule has 1 aromatic rings. The average Bonchev–Trinajstić information content (AvgIpc) is 2.27. The molecular formula is C15H25ClN2O2. The lowest BCUT2D eigenvalue weighted by molar-refractivity contribution is 0.172. The number of hydrogen-bond donors (Lipinski definition) is 0. The van der Waals surface area contributed by atoms with E-state index < -0.39 is 0 Å². The van der Waals surface area contributed by atoms with Crippen LogP contribution in [0.4, 0.5) is 10.5 Å². The van der Waals surface area contributed by atoms with E-state index in [2.05, 4.69) is 26.8 Å². The Balaban J connectivity index is 0.00000361. The lowest BCUT2D eigenvalue weighted by atomic mass is 9.86. The maximum absolute atomic E-state index is 11.7. The molecule has 4 nitrogen and oxygen atoms in total. The van der Waals surface area contributed by atoms with Gasteiger partial charge in [-0.3, -0.25) is 0 Å². The predicted molar refractivity (Wildman–Crippen MR) is 86.4 cm³/mol. The first-order valence-corrected chi connectivity index (χ1v) is 6.34. The number of halogens is 1. The van der Waals surface area contributed by atoms with Gasteiger partial charge in [-0.15, -0.1) is 12.4 Å². The largest absolute Gasteiger partial charge is 0.414 e. The van der Waals surface area contributed by atoms with E-state index in [0.29, 0.717) is 5.75 Å². The standard InChI is InChI=1S/C15H24N2O2.ClH/c1-15(2,3)11-8-9-13(12(10-11)16(4)5)19-14(18)17(6)7;/h8-10H,1-7H3;1H. The highest BCUT2D eigenvalue weighted by Crippen LogP contribution is 2.33. The molecule has 0 aromatic heterocycles. The van der Waals surface area contributed by atoms with Crippen LogP contribution in [-0.4, -0.2) is 39.2 Å². The van der Waals surface area contributed by atoms with Crippen LogP contribution in [0.15, 0.2) is 18.2 Å². The van der Waals surface area contributed by atoms with Crippen LogP contribution in [0.3, 0.4) is 0 Å². The molecule has 114 valence electrons. The summed E-state index contributed by atoms with van der Waals surface area (Å²) in [4.78, 5) is 15.0. The highest BCUT2D eigenvalue weighted by molar-refractivity contribution is 5.85. The minimum Gasteiger partial charge on any atom is -0.408 e. The molecule has 20 heavy (non-hydrogen) atoms. The van der Waals surface area contributed by atoms with E-state index >= 15 is 0 Å². The number of hydrogen-bond acceptors (Lipinski definition) is 3. The Morgan fingerprint density at radius 3 is 2.05 bits per heavy atom. The summed E-state index contributed by atoms with van der Waals surface area (Å²) in [6.07, 6.45) is -0.369. The highest BCUT2D eigenvalue weighted by atomic mass is 35.5. The molecule has 5 heteroatoms. The molecule has 0 bridgehead atoms. The number of ether oxygens (including phenoxy) is 1. The lowest BCUT2D eigenvalue weighted by Gasteiger charge is -2.24. The van der Waals surface area contributed by atoms with Gasteiger partial charge < -0.3 is 14.5 Å². The number of carbonyl (C=O) groups is 1. The molecular weight excluding hydrogens is 276 g/mol. The van der Waals surface area contributed by atoms with E-state index in [1.807, 2.05) is 31.1 Å². The third-order valence-corrected chi connectivity index (χ3v) is 2.87. The van der Waals surface area contributed by atoms with Crippen molar-refractivity contribution in [3.63, 3.8) is 0 Å². The fourth-order valence-electron chi connectivity index (χ4n) is 1.61. The van der Waals surface area contributed by atoms with Gasteiger partial charge in [0.1, 0.15) is 0 Å². The van der Waals surface area contributed by atoms with Crippen molar-refractivity contribution in [3.05, 3.63) is 23.8 Å². The van der Waals surface area contributed by atoms with E-state index in [0.717, 1.165) is 5.69 Å². The van der Waals surface area contributed by atoms with Gasteiger partial charge in [-0.2, -0.15) is 0 Å². The van der Waals surface area contributed by atoms with Gasteiger partial charge in [0, 0.05) is 28.2 Å². The zero-order valence-corrected chi connectivity index (χ0v) is 14.2. The van der Waals surface area contributed by atoms with Gasteiger partial charge in [0.15, 0.2) is 5.75 Å². The van der Waals surface area contributed by atoms with Crippen molar-refractivity contribution >= 4 is 24.2 Å². The van der Waals surface area contributed by atoms with Crippen molar-refractivity contribution in [1.29, 1.82) is 0 Å². The van der Waals surface area contributed by atoms with Crippen LogP contribution in [0.1, 0.15) is 26.3 Å². The molecule has 0 N–H and O–H groups in total. The molecule has 0 saturated heterocycles. The molecule has 0 heterocycles. The van der Waals surface area contributed by atoms with Gasteiger partial charge >= 0.3 is 6.09 Å². The molecule has 1 aromatic carbocycles. The molecule has 1 rings (SSSR count). The number of carbonyl (C=O) groups excluding carboxylic acids is 1. The zero-order chi connectivity index (χ0) is 14.8. The van der Waals surface area contributed by atoms with Crippen LogP contribution in [0, 0.1) is 0 Å². The normalized spacial score (nSPS) is 10.6. The first kappa shape index (κ1) is 18.6. The fourth-order valence-corrected chi connectivity index (χ4v) is 1.61. The maximum atomic E-state index is 11.7. The molecule has 0 aliphatic carbocycles. The monoisotopic (exact) mass is 300 g/mol. The third-order valence-electron chi connectivity index (χ3n) is 2.87. The summed E-state index contributed by atoms with van der Waals surface area (Å²) < 4.78 is 5.38. The van der Waals surface area contributed by atoms with Gasteiger partial charge in [-0.25, -0.2) is 4.79 Å². The van der Waals surface area contributed by atoms with Crippen LogP contribution >= 0.6 is 12.4 Å². The number of benzene rings is 1. The topological polar surface area (TPSA) is 32.8 Å². The van der Waals surface area contributed by atoms with Crippen LogP contribution in [0.2, 0.25) is 0 Å². The van der Waals surface area contributed by atoms with Crippen molar-refractivity contribution in [2.45, 2.75) is 26.2 Å². The minimum atomic E-state index is -0.369. The van der Waals surface area contributed by atoms with Gasteiger partial charge in [0.05, 0.1) is 5.69 Å². The molecule has 0 aliphatic rings. The Kier molecular flexibility index (Phi) is 6.35. The second kappa shape index (κ2) is 6.84. The lowest BCUT2D eigenvalue weighted by Crippen LogP contribution is -2.26. The number of anilines is 1. The summed E-state index contributed by atoms with van der Waals surface area (Å²) in [5.74, 6) is 0.580. The summed E-state index contributed by atoms with van der Waals surface area (Å²) in [6, 6.07) is 5.93. The third kappa shape index (κ3) is 4.60. The van der Waals surface area contributed by atoms with Crippen LogP contribution in [0.25, 0.3) is 0 Å². The molecule has 0 aliphatic heterocycles. The quantitative estimate of drug-likeness (QED) is 0.837. The van der Waals surface area contributed by atoms with Crippen molar-refractivity contribution in [2.75, 3.05) is 33.1 Å². The molecule has 0 fully saturated rings. The van der Waals surface area contributed by atoms with Gasteiger partial charge in [-0.05, 0) is 23.1 Å². The van der Waals surface area contributed by atoms with Gasteiger partial charge in [0.25, 0.3) is 0 Å². The number of rotatable bonds is 2. The summed E-state index contributed by atoms with van der Waals surface area (Å²) in [5, 5.41) is 0. The average molecular weight is 301 g/mol. The molecule has 0 unspecified atom stereocenters. The van der Waals surface area contributed by atoms with Crippen molar-refractivity contribution in [3.8, 4) is 5.75 Å². The Morgan fingerprint density at radius 2 is 1.65 bits per heavy atom. The second-order valence-corrected chi connectivity index (χ2v) is 6.09. The number of amides is 1. The van der Waals surface area contributed by atoms with Crippen molar-refractivity contribution in [1.82, 2.24) is 4.90 Å². The van der Waals surface area contributed by atoms with E-state index in [1.165, 1.54) is 10.5 Å². The van der Waals surface area contributed by atoms with Crippen LogP contribution < -0.4 is 9.64 Å². The van der Waals surface area contributed by atoms with Crippen molar-refractivity contribution in [2.24, 2.45) is 0 Å². The molecule has 1 amide bonds. The van der Waals surface area contributed by atoms with E-state index in [-0.39, 0.29) is 23.9 Å². The Bertz CT molecular complexity index is 465. The summed E-state index contributed by atoms with van der Waals surface area (Å²) in [6.45, 7) is 6.48. The summed E-state index contributed by atoms with van der Waals surface area (Å²) >= 11 is 0. The SMILES string of the molecule is CN(C)C(=O)Oc1ccc(C(C)(C)C)cc1N(C)C.Cl. The van der Waals surface area contributed by atoms with Crippen molar-refractivity contribution < 1.29 is 9.53 Å². The maximum Gasteiger partial charge on any atom is 0.414 e. The van der Waals surface area contributed by atoms with Crippen LogP contribution in [-0.2, 0) is 5.41 Å².